The average molecular weight is 282 g/mol. The third-order valence-corrected chi connectivity index (χ3v) is 4.61. The van der Waals surface area contributed by atoms with E-state index < -0.39 is 0 Å². The summed E-state index contributed by atoms with van der Waals surface area (Å²) in [7, 11) is 0. The van der Waals surface area contributed by atoms with Crippen molar-refractivity contribution in [3.05, 3.63) is 51.5 Å². The van der Waals surface area contributed by atoms with Crippen molar-refractivity contribution in [3.8, 4) is 27.9 Å². The van der Waals surface area contributed by atoms with E-state index in [2.05, 4.69) is 28.7 Å². The van der Waals surface area contributed by atoms with Crippen LogP contribution in [0.1, 0.15) is 11.1 Å². The van der Waals surface area contributed by atoms with Crippen LogP contribution in [0, 0.1) is 18.3 Å². The van der Waals surface area contributed by atoms with Crippen LogP contribution in [0.3, 0.4) is 0 Å². The molecule has 1 aromatic carbocycles. The predicted molar refractivity (Wildman–Crippen MR) is 80.3 cm³/mol. The van der Waals surface area contributed by atoms with E-state index in [4.69, 9.17) is 5.26 Å². The molecule has 0 N–H and O–H groups in total. The van der Waals surface area contributed by atoms with Gasteiger partial charge in [0.1, 0.15) is 5.01 Å². The van der Waals surface area contributed by atoms with Crippen LogP contribution in [0.25, 0.3) is 21.8 Å². The molecule has 3 aromatic rings. The molecule has 0 aliphatic rings. The topological polar surface area (TPSA) is 36.7 Å². The van der Waals surface area contributed by atoms with Crippen LogP contribution in [0.4, 0.5) is 0 Å². The largest absolute Gasteiger partial charge is 0.236 e. The molecule has 0 atom stereocenters. The number of aryl methyl sites for hydroxylation is 1. The number of nitriles is 1. The normalized spacial score (nSPS) is 10.3. The summed E-state index contributed by atoms with van der Waals surface area (Å²) >= 11 is 3.34. The Balaban J connectivity index is 2.02. The van der Waals surface area contributed by atoms with Gasteiger partial charge in [-0.1, -0.05) is 12.1 Å². The second-order valence-corrected chi connectivity index (χ2v) is 5.80. The maximum atomic E-state index is 8.93. The molecule has 0 saturated heterocycles. The fourth-order valence-corrected chi connectivity index (χ4v) is 3.68. The van der Waals surface area contributed by atoms with E-state index in [0.717, 1.165) is 16.3 Å². The lowest BCUT2D eigenvalue weighted by Crippen LogP contribution is -1.81. The van der Waals surface area contributed by atoms with Gasteiger partial charge in [-0.25, -0.2) is 4.98 Å². The third kappa shape index (κ3) is 2.30. The molecule has 0 saturated carbocycles. The zero-order valence-electron chi connectivity index (χ0n) is 10.3. The van der Waals surface area contributed by atoms with E-state index in [1.807, 2.05) is 23.6 Å². The van der Waals surface area contributed by atoms with Crippen molar-refractivity contribution in [1.82, 2.24) is 4.98 Å². The number of hydrogen-bond donors (Lipinski definition) is 0. The molecule has 0 bridgehead atoms. The number of hydrogen-bond acceptors (Lipinski definition) is 4. The van der Waals surface area contributed by atoms with Crippen molar-refractivity contribution in [2.45, 2.75) is 6.92 Å². The molecule has 92 valence electrons. The van der Waals surface area contributed by atoms with Crippen LogP contribution in [-0.4, -0.2) is 4.98 Å². The molecule has 2 nitrogen and oxygen atoms in total. The zero-order chi connectivity index (χ0) is 13.2. The van der Waals surface area contributed by atoms with Gasteiger partial charge >= 0.3 is 0 Å². The van der Waals surface area contributed by atoms with Gasteiger partial charge in [-0.05, 0) is 30.0 Å². The maximum Gasteiger partial charge on any atom is 0.125 e. The van der Waals surface area contributed by atoms with Gasteiger partial charge in [-0.15, -0.1) is 11.3 Å². The summed E-state index contributed by atoms with van der Waals surface area (Å²) in [6, 6.07) is 9.72. The minimum atomic E-state index is 0.666. The minimum Gasteiger partial charge on any atom is -0.236 e. The van der Waals surface area contributed by atoms with Gasteiger partial charge in [-0.3, -0.25) is 0 Å². The number of benzene rings is 1. The summed E-state index contributed by atoms with van der Waals surface area (Å²) in [6.07, 6.45) is 0. The Bertz CT molecular complexity index is 762. The standard InChI is InChI=1S/C15H10N2S2/c1-10-7-18-8-13(10)15-17-14(9-19-15)12-4-2-3-11(5-12)6-16/h2-5,7-9H,1H3. The fourth-order valence-electron chi connectivity index (χ4n) is 1.86. The molecule has 0 fully saturated rings. The number of nitrogens with zero attached hydrogens (tertiary/aromatic N) is 2. The molecule has 0 aliphatic carbocycles. The van der Waals surface area contributed by atoms with E-state index in [-0.39, 0.29) is 0 Å². The Labute approximate surface area is 119 Å². The highest BCUT2D eigenvalue weighted by molar-refractivity contribution is 7.14. The number of thiophene rings is 1. The van der Waals surface area contributed by atoms with Gasteiger partial charge in [0.05, 0.1) is 17.3 Å². The Morgan fingerprint density at radius 3 is 2.84 bits per heavy atom. The summed E-state index contributed by atoms with van der Waals surface area (Å²) < 4.78 is 0. The summed E-state index contributed by atoms with van der Waals surface area (Å²) in [5.41, 5.74) is 5.06. The van der Waals surface area contributed by atoms with Crippen molar-refractivity contribution in [2.75, 3.05) is 0 Å². The van der Waals surface area contributed by atoms with E-state index in [9.17, 15) is 0 Å². The summed E-state index contributed by atoms with van der Waals surface area (Å²) in [6.45, 7) is 2.10. The van der Waals surface area contributed by atoms with Crippen LogP contribution in [0.5, 0.6) is 0 Å². The number of thiazole rings is 1. The predicted octanol–water partition coefficient (Wildman–Crippen LogP) is 4.72. The van der Waals surface area contributed by atoms with Gasteiger partial charge in [0.25, 0.3) is 0 Å². The fraction of sp³-hybridized carbons (Fsp3) is 0.0667. The molecular weight excluding hydrogens is 272 g/mol. The summed E-state index contributed by atoms with van der Waals surface area (Å²) in [4.78, 5) is 4.67. The first-order valence-electron chi connectivity index (χ1n) is 5.77. The lowest BCUT2D eigenvalue weighted by molar-refractivity contribution is 1.39. The number of aromatic nitrogens is 1. The average Bonchev–Trinajstić information content (AvgIpc) is 3.07. The molecule has 4 heteroatoms. The van der Waals surface area contributed by atoms with E-state index in [1.165, 1.54) is 11.1 Å². The highest BCUT2D eigenvalue weighted by atomic mass is 32.1. The first-order chi connectivity index (χ1) is 9.28. The Kier molecular flexibility index (Phi) is 3.16. The second-order valence-electron chi connectivity index (χ2n) is 4.20. The van der Waals surface area contributed by atoms with Gasteiger partial charge in [0.15, 0.2) is 0 Å². The van der Waals surface area contributed by atoms with Crippen LogP contribution >= 0.6 is 22.7 Å². The molecule has 2 aromatic heterocycles. The summed E-state index contributed by atoms with van der Waals surface area (Å²) in [5, 5.41) is 16.3. The first kappa shape index (κ1) is 12.1. The molecule has 3 rings (SSSR count). The highest BCUT2D eigenvalue weighted by Crippen LogP contribution is 2.32. The van der Waals surface area contributed by atoms with Crippen LogP contribution in [-0.2, 0) is 0 Å². The molecule has 0 spiro atoms. The van der Waals surface area contributed by atoms with Gasteiger partial charge in [0, 0.05) is 21.9 Å². The first-order valence-corrected chi connectivity index (χ1v) is 7.59. The van der Waals surface area contributed by atoms with Crippen molar-refractivity contribution < 1.29 is 0 Å². The quantitative estimate of drug-likeness (QED) is 0.682. The van der Waals surface area contributed by atoms with Crippen molar-refractivity contribution >= 4 is 22.7 Å². The smallest absolute Gasteiger partial charge is 0.125 e. The molecular formula is C15H10N2S2. The lowest BCUT2D eigenvalue weighted by Gasteiger charge is -1.97. The van der Waals surface area contributed by atoms with Crippen LogP contribution < -0.4 is 0 Å². The molecule has 0 unspecified atom stereocenters. The van der Waals surface area contributed by atoms with Crippen molar-refractivity contribution in [1.29, 1.82) is 5.26 Å². The molecule has 0 radical (unpaired) electrons. The third-order valence-electron chi connectivity index (χ3n) is 2.88. The Morgan fingerprint density at radius 2 is 2.11 bits per heavy atom. The second kappa shape index (κ2) is 4.96. The monoisotopic (exact) mass is 282 g/mol. The van der Waals surface area contributed by atoms with Crippen molar-refractivity contribution in [2.24, 2.45) is 0 Å². The van der Waals surface area contributed by atoms with Gasteiger partial charge in [0.2, 0.25) is 0 Å². The maximum absolute atomic E-state index is 8.93. The Morgan fingerprint density at radius 1 is 1.21 bits per heavy atom. The van der Waals surface area contributed by atoms with Crippen LogP contribution in [0.15, 0.2) is 40.4 Å². The van der Waals surface area contributed by atoms with Crippen LogP contribution in [0.2, 0.25) is 0 Å². The minimum absolute atomic E-state index is 0.666. The molecule has 19 heavy (non-hydrogen) atoms. The van der Waals surface area contributed by atoms with Gasteiger partial charge in [-0.2, -0.15) is 16.6 Å². The molecule has 0 aliphatic heterocycles. The zero-order valence-corrected chi connectivity index (χ0v) is 11.9. The highest BCUT2D eigenvalue weighted by Gasteiger charge is 2.09. The molecule has 0 amide bonds. The van der Waals surface area contributed by atoms with E-state index >= 15 is 0 Å². The molecule has 2 heterocycles. The summed E-state index contributed by atoms with van der Waals surface area (Å²) in [5.74, 6) is 0. The Hall–Kier alpha value is -1.96. The van der Waals surface area contributed by atoms with Gasteiger partial charge < -0.3 is 0 Å². The van der Waals surface area contributed by atoms with E-state index in [0.29, 0.717) is 5.56 Å². The van der Waals surface area contributed by atoms with E-state index in [1.54, 1.807) is 28.7 Å². The number of rotatable bonds is 2. The van der Waals surface area contributed by atoms with Crippen molar-refractivity contribution in [3.63, 3.8) is 0 Å². The SMILES string of the molecule is Cc1cscc1-c1nc(-c2cccc(C#N)c2)cs1. The lowest BCUT2D eigenvalue weighted by atomic mass is 10.1.